The Kier molecular flexibility index (Phi) is 14.5. The monoisotopic (exact) mass is 861 g/mol. The molecule has 0 heterocycles. The highest BCUT2D eigenvalue weighted by Gasteiger charge is 2.43. The van der Waals surface area contributed by atoms with Gasteiger partial charge in [-0.15, -0.1) is 0 Å². The van der Waals surface area contributed by atoms with Crippen LogP contribution in [0.4, 0.5) is 52.7 Å². The molecule has 0 bridgehead atoms. The van der Waals surface area contributed by atoms with Gasteiger partial charge in [0, 0.05) is 23.9 Å². The van der Waals surface area contributed by atoms with Crippen LogP contribution in [0.5, 0.6) is 0 Å². The number of ether oxygens (including phenoxy) is 2. The van der Waals surface area contributed by atoms with Gasteiger partial charge in [0.1, 0.15) is 0 Å². The van der Waals surface area contributed by atoms with Gasteiger partial charge in [0.2, 0.25) is 0 Å². The van der Waals surface area contributed by atoms with Crippen molar-refractivity contribution in [2.24, 2.45) is 0 Å². The number of halogens is 12. The average Bonchev–Trinajstić information content (AvgIpc) is 3.14. The van der Waals surface area contributed by atoms with Crippen molar-refractivity contribution in [3.8, 4) is 0 Å². The lowest BCUT2D eigenvalue weighted by atomic mass is 9.68. The molecule has 15 heteroatoms. The number of hydrogen-bond acceptors (Lipinski definition) is 3. The third-order valence-corrected chi connectivity index (χ3v) is 11.4. The minimum atomic E-state index is -5.03. The molecule has 0 radical (unpaired) electrons. The van der Waals surface area contributed by atoms with E-state index in [4.69, 9.17) is 9.47 Å². The van der Waals surface area contributed by atoms with Crippen molar-refractivity contribution in [2.45, 2.75) is 115 Å². The van der Waals surface area contributed by atoms with E-state index in [0.29, 0.717) is 37.1 Å². The van der Waals surface area contributed by atoms with Crippen molar-refractivity contribution in [1.82, 2.24) is 5.32 Å². The summed E-state index contributed by atoms with van der Waals surface area (Å²) in [6, 6.07) is 14.1. The lowest BCUT2D eigenvalue weighted by Crippen LogP contribution is -2.54. The van der Waals surface area contributed by atoms with Gasteiger partial charge in [-0.25, -0.2) is 0 Å². The topological polar surface area (TPSA) is 30.5 Å². The molecule has 1 N–H and O–H groups in total. The number of hydrogen-bond donors (Lipinski definition) is 1. The molecule has 0 unspecified atom stereocenters. The molecule has 60 heavy (non-hydrogen) atoms. The van der Waals surface area contributed by atoms with E-state index in [1.807, 2.05) is 64.1 Å². The van der Waals surface area contributed by atoms with E-state index in [1.165, 1.54) is 0 Å². The van der Waals surface area contributed by atoms with Crippen LogP contribution in [0.1, 0.15) is 111 Å². The van der Waals surface area contributed by atoms with Crippen LogP contribution in [0.2, 0.25) is 0 Å². The molecular formula is C45H47F12NO2. The average molecular weight is 862 g/mol. The Morgan fingerprint density at radius 1 is 0.517 bits per heavy atom. The zero-order chi connectivity index (χ0) is 44.3. The highest BCUT2D eigenvalue weighted by Crippen LogP contribution is 2.44. The second-order valence-electron chi connectivity index (χ2n) is 15.8. The van der Waals surface area contributed by atoms with Crippen LogP contribution in [-0.4, -0.2) is 25.3 Å². The molecule has 1 saturated carbocycles. The fraction of sp³-hybridized carbons (Fsp3) is 0.467. The fourth-order valence-electron chi connectivity index (χ4n) is 8.59. The maximum absolute atomic E-state index is 13.7. The summed E-state index contributed by atoms with van der Waals surface area (Å²) in [6.45, 7) is 6.62. The van der Waals surface area contributed by atoms with Crippen LogP contribution in [0, 0.1) is 27.7 Å². The number of rotatable bonds is 14. The zero-order valence-corrected chi connectivity index (χ0v) is 33.5. The summed E-state index contributed by atoms with van der Waals surface area (Å²) in [5.41, 5.74) is -1.72. The van der Waals surface area contributed by atoms with Gasteiger partial charge >= 0.3 is 24.7 Å². The third kappa shape index (κ3) is 11.6. The van der Waals surface area contributed by atoms with E-state index in [0.717, 1.165) is 52.6 Å². The van der Waals surface area contributed by atoms with Gasteiger partial charge in [-0.3, -0.25) is 0 Å². The van der Waals surface area contributed by atoms with Gasteiger partial charge in [0.15, 0.2) is 0 Å². The molecule has 3 nitrogen and oxygen atoms in total. The second kappa shape index (κ2) is 18.5. The van der Waals surface area contributed by atoms with Gasteiger partial charge in [-0.05, 0) is 121 Å². The molecule has 0 amide bonds. The van der Waals surface area contributed by atoms with Crippen molar-refractivity contribution in [3.63, 3.8) is 0 Å². The Bertz CT molecular complexity index is 1970. The summed E-state index contributed by atoms with van der Waals surface area (Å²) in [7, 11) is 0. The summed E-state index contributed by atoms with van der Waals surface area (Å²) in [5, 5.41) is 3.80. The molecule has 1 fully saturated rings. The van der Waals surface area contributed by atoms with E-state index in [1.54, 1.807) is 0 Å². The van der Waals surface area contributed by atoms with Crippen LogP contribution in [-0.2, 0) is 47.4 Å². The minimum absolute atomic E-state index is 0.0617. The van der Waals surface area contributed by atoms with Gasteiger partial charge in [0.05, 0.1) is 48.7 Å². The lowest BCUT2D eigenvalue weighted by Gasteiger charge is -2.46. The quantitative estimate of drug-likeness (QED) is 0.128. The molecule has 0 aromatic heterocycles. The summed E-state index contributed by atoms with van der Waals surface area (Å²) in [6.07, 6.45) is -16.4. The first-order valence-electron chi connectivity index (χ1n) is 19.5. The Morgan fingerprint density at radius 3 is 1.27 bits per heavy atom. The predicted octanol–water partition coefficient (Wildman–Crippen LogP) is 13.6. The first kappa shape index (κ1) is 47.0. The normalized spacial score (nSPS) is 16.2. The summed E-state index contributed by atoms with van der Waals surface area (Å²) >= 11 is 0. The van der Waals surface area contributed by atoms with E-state index >= 15 is 0 Å². The maximum atomic E-state index is 13.7. The molecule has 4 aromatic carbocycles. The van der Waals surface area contributed by atoms with Crippen molar-refractivity contribution in [1.29, 1.82) is 0 Å². The van der Waals surface area contributed by atoms with Crippen LogP contribution in [0.25, 0.3) is 0 Å². The largest absolute Gasteiger partial charge is 0.416 e. The molecule has 0 saturated heterocycles. The van der Waals surface area contributed by atoms with Crippen LogP contribution in [0.3, 0.4) is 0 Å². The second-order valence-corrected chi connectivity index (χ2v) is 15.8. The van der Waals surface area contributed by atoms with E-state index in [-0.39, 0.29) is 43.0 Å². The first-order valence-corrected chi connectivity index (χ1v) is 19.5. The molecule has 0 spiro atoms. The first-order chi connectivity index (χ1) is 27.9. The third-order valence-electron chi connectivity index (χ3n) is 11.4. The maximum Gasteiger partial charge on any atom is 0.416 e. The minimum Gasteiger partial charge on any atom is -0.376 e. The number of alkyl halides is 12. The molecule has 5 rings (SSSR count). The van der Waals surface area contributed by atoms with E-state index < -0.39 is 77.5 Å². The Hall–Kier alpha value is -4.08. The Labute approximate surface area is 341 Å². The highest BCUT2D eigenvalue weighted by atomic mass is 19.4. The number of nitrogens with one attached hydrogen (secondary N) is 1. The summed E-state index contributed by atoms with van der Waals surface area (Å²) < 4.78 is 176. The molecule has 2 atom stereocenters. The van der Waals surface area contributed by atoms with Gasteiger partial charge in [-0.1, -0.05) is 55.7 Å². The zero-order valence-electron chi connectivity index (χ0n) is 33.5. The molecule has 1 aliphatic carbocycles. The lowest BCUT2D eigenvalue weighted by molar-refractivity contribution is -0.144. The molecule has 1 aliphatic rings. The molecule has 0 aliphatic heterocycles. The number of aryl methyl sites for hydroxylation is 4. The van der Waals surface area contributed by atoms with E-state index in [9.17, 15) is 52.7 Å². The number of benzene rings is 4. The highest BCUT2D eigenvalue weighted by molar-refractivity contribution is 5.41. The van der Waals surface area contributed by atoms with Gasteiger partial charge in [-0.2, -0.15) is 52.7 Å². The molecule has 328 valence electrons. The van der Waals surface area contributed by atoms with E-state index in [2.05, 4.69) is 5.32 Å². The standard InChI is InChI=1S/C45H47F12NO2/c1-27-10-8-11-28(2)39(27)33(25-59-23-31-16-34(42(46,47)48)20-35(17-31)43(49,50)51)22-58-41(14-6-5-7-15-41)38(40-29(3)12-9-13-30(40)4)26-60-24-32-18-36(44(52,53)54)21-37(19-32)45(55,56)57/h8-13,16-21,33,38,58H,5-7,14-15,22-26H2,1-4H3/t33-,38-/m0/s1. The predicted molar refractivity (Wildman–Crippen MR) is 203 cm³/mol. The fourth-order valence-corrected chi connectivity index (χ4v) is 8.59. The molecular weight excluding hydrogens is 814 g/mol. The van der Waals surface area contributed by atoms with Crippen molar-refractivity contribution < 1.29 is 62.2 Å². The van der Waals surface area contributed by atoms with Crippen molar-refractivity contribution in [2.75, 3.05) is 19.8 Å². The van der Waals surface area contributed by atoms with Gasteiger partial charge < -0.3 is 14.8 Å². The van der Waals surface area contributed by atoms with Crippen LogP contribution < -0.4 is 5.32 Å². The molecule has 4 aromatic rings. The summed E-state index contributed by atoms with van der Waals surface area (Å²) in [5.74, 6) is -0.902. The van der Waals surface area contributed by atoms with Crippen LogP contribution in [0.15, 0.2) is 72.8 Å². The smallest absolute Gasteiger partial charge is 0.376 e. The Balaban J connectivity index is 1.48. The van der Waals surface area contributed by atoms with Crippen molar-refractivity contribution in [3.05, 3.63) is 140 Å². The van der Waals surface area contributed by atoms with Gasteiger partial charge in [0.25, 0.3) is 0 Å². The van der Waals surface area contributed by atoms with Crippen LogP contribution >= 0.6 is 0 Å². The SMILES string of the molecule is Cc1cccc(C)c1[C@@H](CNC1([C@@H](COCc2cc(C(F)(F)F)cc(C(F)(F)F)c2)c2c(C)cccc2C)CCCCC1)COCc1cc(C(F)(F)F)cc(C(F)(F)F)c1. The van der Waals surface area contributed by atoms with Crippen molar-refractivity contribution >= 4 is 0 Å². The Morgan fingerprint density at radius 2 is 0.883 bits per heavy atom. The summed E-state index contributed by atoms with van der Waals surface area (Å²) in [4.78, 5) is 0.